The molecule has 4 heterocycles. The van der Waals surface area contributed by atoms with Crippen molar-refractivity contribution in [2.45, 2.75) is 38.3 Å². The van der Waals surface area contributed by atoms with Gasteiger partial charge in [0.05, 0.1) is 12.4 Å². The molecule has 2 aliphatic heterocycles. The van der Waals surface area contributed by atoms with E-state index in [-0.39, 0.29) is 28.8 Å². The molecular formula is C25H28N8O2. The van der Waals surface area contributed by atoms with Crippen molar-refractivity contribution in [3.63, 3.8) is 0 Å². The fraction of sp³-hybridized carbons (Fsp3) is 0.400. The molecule has 1 aromatic carbocycles. The highest BCUT2D eigenvalue weighted by Crippen LogP contribution is 2.51. The Balaban J connectivity index is 1.23. The van der Waals surface area contributed by atoms with E-state index in [1.54, 1.807) is 21.8 Å². The highest BCUT2D eigenvalue weighted by atomic mass is 16.2. The van der Waals surface area contributed by atoms with Crippen LogP contribution in [0.3, 0.4) is 0 Å². The third-order valence-corrected chi connectivity index (χ3v) is 7.82. The lowest BCUT2D eigenvalue weighted by Gasteiger charge is -2.42. The SMILES string of the molecule is NC(=O)c1nc(C(=O)N2CCCn3nccc32)cnc1N1CCC2(CC1)Cc1ccccc1C2N. The number of amides is 2. The van der Waals surface area contributed by atoms with Crippen LogP contribution in [0.2, 0.25) is 0 Å². The summed E-state index contributed by atoms with van der Waals surface area (Å²) in [4.78, 5) is 38.2. The summed E-state index contributed by atoms with van der Waals surface area (Å²) in [7, 11) is 0. The summed E-state index contributed by atoms with van der Waals surface area (Å²) < 4.78 is 1.79. The maximum atomic E-state index is 13.2. The van der Waals surface area contributed by atoms with Crippen LogP contribution in [0.1, 0.15) is 57.4 Å². The second kappa shape index (κ2) is 8.16. The quantitative estimate of drug-likeness (QED) is 0.592. The molecule has 1 saturated heterocycles. The van der Waals surface area contributed by atoms with Gasteiger partial charge in [-0.1, -0.05) is 24.3 Å². The second-order valence-corrected chi connectivity index (χ2v) is 9.72. The average Bonchev–Trinajstić information content (AvgIpc) is 3.47. The Bertz CT molecular complexity index is 1310. The van der Waals surface area contributed by atoms with Crippen LogP contribution in [0, 0.1) is 5.41 Å². The monoisotopic (exact) mass is 472 g/mol. The van der Waals surface area contributed by atoms with Crippen molar-refractivity contribution >= 4 is 23.5 Å². The molecule has 10 nitrogen and oxygen atoms in total. The number of fused-ring (bicyclic) bond motifs is 2. The average molecular weight is 473 g/mol. The van der Waals surface area contributed by atoms with Crippen LogP contribution in [-0.4, -0.2) is 51.2 Å². The zero-order valence-electron chi connectivity index (χ0n) is 19.4. The number of rotatable bonds is 3. The zero-order valence-corrected chi connectivity index (χ0v) is 19.4. The Morgan fingerprint density at radius 3 is 2.63 bits per heavy atom. The first-order valence-electron chi connectivity index (χ1n) is 12.1. The van der Waals surface area contributed by atoms with Crippen LogP contribution in [-0.2, 0) is 13.0 Å². The predicted octanol–water partition coefficient (Wildman–Crippen LogP) is 1.67. The van der Waals surface area contributed by atoms with E-state index in [1.807, 2.05) is 11.0 Å². The van der Waals surface area contributed by atoms with E-state index < -0.39 is 5.91 Å². The van der Waals surface area contributed by atoms with Crippen LogP contribution in [0.15, 0.2) is 42.7 Å². The number of hydrogen-bond acceptors (Lipinski definition) is 7. The molecule has 2 amide bonds. The Kier molecular flexibility index (Phi) is 5.06. The van der Waals surface area contributed by atoms with Crippen LogP contribution >= 0.6 is 0 Å². The van der Waals surface area contributed by atoms with Gasteiger partial charge in [-0.15, -0.1) is 0 Å². The van der Waals surface area contributed by atoms with Crippen LogP contribution in [0.25, 0.3) is 0 Å². The lowest BCUT2D eigenvalue weighted by molar-refractivity contribution is 0.0975. The minimum Gasteiger partial charge on any atom is -0.364 e. The fourth-order valence-electron chi connectivity index (χ4n) is 5.92. The van der Waals surface area contributed by atoms with Crippen LogP contribution < -0.4 is 21.3 Å². The highest BCUT2D eigenvalue weighted by Gasteiger charge is 2.46. The van der Waals surface area contributed by atoms with Crippen molar-refractivity contribution in [3.05, 3.63) is 65.2 Å². The molecule has 180 valence electrons. The first kappa shape index (κ1) is 21.7. The topological polar surface area (TPSA) is 136 Å². The van der Waals surface area contributed by atoms with Crippen molar-refractivity contribution in [2.75, 3.05) is 29.4 Å². The number of hydrogen-bond donors (Lipinski definition) is 2. The molecule has 35 heavy (non-hydrogen) atoms. The van der Waals surface area contributed by atoms with Gasteiger partial charge in [0.25, 0.3) is 11.8 Å². The summed E-state index contributed by atoms with van der Waals surface area (Å²) in [5.41, 5.74) is 15.1. The van der Waals surface area contributed by atoms with E-state index in [4.69, 9.17) is 11.5 Å². The molecule has 1 unspecified atom stereocenters. The number of primary amides is 1. The normalized spacial score (nSPS) is 20.5. The standard InChI is InChI=1S/C25H28N8O2/c26-21-17-5-2-1-4-16(17)14-25(21)7-12-31(13-8-25)23-20(22(27)34)30-18(15-28-23)24(35)32-10-3-11-33-19(32)6-9-29-33/h1-2,4-6,9,15,21H,3,7-8,10-14,26H2,(H2,27,34). The third-order valence-electron chi connectivity index (χ3n) is 7.82. The summed E-state index contributed by atoms with van der Waals surface area (Å²) in [5.74, 6) is 0.121. The Morgan fingerprint density at radius 2 is 1.86 bits per heavy atom. The van der Waals surface area contributed by atoms with Gasteiger partial charge in [0, 0.05) is 38.3 Å². The maximum Gasteiger partial charge on any atom is 0.279 e. The van der Waals surface area contributed by atoms with E-state index in [1.165, 1.54) is 17.3 Å². The van der Waals surface area contributed by atoms with Crippen LogP contribution in [0.4, 0.5) is 11.6 Å². The largest absolute Gasteiger partial charge is 0.364 e. The van der Waals surface area contributed by atoms with Crippen molar-refractivity contribution in [1.82, 2.24) is 19.7 Å². The lowest BCUT2D eigenvalue weighted by atomic mass is 9.73. The molecule has 3 aromatic rings. The van der Waals surface area contributed by atoms with E-state index >= 15 is 0 Å². The second-order valence-electron chi connectivity index (χ2n) is 9.72. The summed E-state index contributed by atoms with van der Waals surface area (Å²) in [6, 6.07) is 10.2. The number of carbonyl (C=O) groups is 2. The van der Waals surface area contributed by atoms with Crippen molar-refractivity contribution < 1.29 is 9.59 Å². The molecule has 0 radical (unpaired) electrons. The Hall–Kier alpha value is -3.79. The Labute approximate surface area is 202 Å². The van der Waals surface area contributed by atoms with E-state index in [9.17, 15) is 9.59 Å². The van der Waals surface area contributed by atoms with Crippen molar-refractivity contribution in [3.8, 4) is 0 Å². The van der Waals surface area contributed by atoms with Gasteiger partial charge in [-0.2, -0.15) is 5.10 Å². The van der Waals surface area contributed by atoms with Gasteiger partial charge in [-0.25, -0.2) is 14.6 Å². The first-order chi connectivity index (χ1) is 17.0. The third kappa shape index (κ3) is 3.47. The Morgan fingerprint density at radius 1 is 1.06 bits per heavy atom. The fourth-order valence-corrected chi connectivity index (χ4v) is 5.92. The number of carbonyl (C=O) groups excluding carboxylic acids is 2. The first-order valence-corrected chi connectivity index (χ1v) is 12.1. The molecule has 6 rings (SSSR count). The molecule has 1 aliphatic carbocycles. The van der Waals surface area contributed by atoms with Gasteiger partial charge in [0.15, 0.2) is 11.5 Å². The molecule has 1 atom stereocenters. The van der Waals surface area contributed by atoms with Gasteiger partial charge >= 0.3 is 0 Å². The van der Waals surface area contributed by atoms with Crippen molar-refractivity contribution in [2.24, 2.45) is 16.9 Å². The van der Waals surface area contributed by atoms with Gasteiger partial charge in [-0.3, -0.25) is 14.5 Å². The molecule has 3 aliphatic rings. The van der Waals surface area contributed by atoms with Gasteiger partial charge in [0.1, 0.15) is 11.5 Å². The highest BCUT2D eigenvalue weighted by molar-refractivity contribution is 6.05. The number of aryl methyl sites for hydroxylation is 1. The number of benzene rings is 1. The number of piperidine rings is 1. The maximum absolute atomic E-state index is 13.2. The number of nitrogens with zero attached hydrogens (tertiary/aromatic N) is 6. The molecule has 0 saturated carbocycles. The van der Waals surface area contributed by atoms with E-state index in [0.29, 0.717) is 31.3 Å². The zero-order chi connectivity index (χ0) is 24.2. The minimum atomic E-state index is -0.698. The number of aromatic nitrogens is 4. The molecular weight excluding hydrogens is 444 g/mol. The predicted molar refractivity (Wildman–Crippen MR) is 130 cm³/mol. The summed E-state index contributed by atoms with van der Waals surface area (Å²) >= 11 is 0. The molecule has 0 bridgehead atoms. The van der Waals surface area contributed by atoms with Gasteiger partial charge in [-0.05, 0) is 42.2 Å². The van der Waals surface area contributed by atoms with Crippen LogP contribution in [0.5, 0.6) is 0 Å². The lowest BCUT2D eigenvalue weighted by Crippen LogP contribution is -2.45. The molecule has 1 fully saturated rings. The summed E-state index contributed by atoms with van der Waals surface area (Å²) in [6.07, 6.45) is 6.62. The summed E-state index contributed by atoms with van der Waals surface area (Å²) in [6.45, 7) is 2.69. The minimum absolute atomic E-state index is 0.000484. The van der Waals surface area contributed by atoms with E-state index in [0.717, 1.165) is 32.2 Å². The number of nitrogens with two attached hydrogens (primary N) is 2. The number of anilines is 2. The molecule has 4 N–H and O–H groups in total. The van der Waals surface area contributed by atoms with Crippen molar-refractivity contribution in [1.29, 1.82) is 0 Å². The smallest absolute Gasteiger partial charge is 0.279 e. The molecule has 10 heteroatoms. The summed E-state index contributed by atoms with van der Waals surface area (Å²) in [5, 5.41) is 4.25. The van der Waals surface area contributed by atoms with E-state index in [2.05, 4.69) is 33.3 Å². The molecule has 2 aromatic heterocycles. The molecule has 1 spiro atoms. The van der Waals surface area contributed by atoms with Gasteiger partial charge in [0.2, 0.25) is 0 Å². The van der Waals surface area contributed by atoms with Gasteiger partial charge < -0.3 is 16.4 Å².